The van der Waals surface area contributed by atoms with Gasteiger partial charge < -0.3 is 0 Å². The maximum Gasteiger partial charge on any atom is 0.160 e. The molecule has 0 bridgehead atoms. The number of imidazole rings is 1. The van der Waals surface area contributed by atoms with Crippen LogP contribution < -0.4 is 0 Å². The Hall–Kier alpha value is -5.98. The third-order valence-corrected chi connectivity index (χ3v) is 9.48. The Morgan fingerprint density at radius 2 is 0.979 bits per heavy atom. The first-order valence-electron chi connectivity index (χ1n) is 15.8. The average Bonchev–Trinajstić information content (AvgIpc) is 3.51. The van der Waals surface area contributed by atoms with Crippen molar-refractivity contribution in [3.63, 3.8) is 0 Å². The van der Waals surface area contributed by atoms with Crippen molar-refractivity contribution < 1.29 is 0 Å². The van der Waals surface area contributed by atoms with Crippen LogP contribution in [0.15, 0.2) is 162 Å². The van der Waals surface area contributed by atoms with E-state index in [4.69, 9.17) is 19.9 Å². The SMILES string of the molecule is Brc1c(-c2ccccc2)nc2c3c(ccn12)c(-c1ccc(-c2cc(-c4ccccc4)nc(-c4ccccc4)n2)cc1)nc1ccccc13. The van der Waals surface area contributed by atoms with Gasteiger partial charge in [-0.3, -0.25) is 4.40 Å². The monoisotopic (exact) mass is 679 g/mol. The number of benzene rings is 5. The lowest BCUT2D eigenvalue weighted by atomic mass is 9.99. The lowest BCUT2D eigenvalue weighted by Gasteiger charge is -2.12. The summed E-state index contributed by atoms with van der Waals surface area (Å²) in [6, 6.07) is 51.7. The molecule has 9 rings (SSSR count). The summed E-state index contributed by atoms with van der Waals surface area (Å²) in [5.41, 5.74) is 10.5. The molecule has 0 unspecified atom stereocenters. The number of fused-ring (bicyclic) bond motifs is 5. The van der Waals surface area contributed by atoms with E-state index >= 15 is 0 Å². The van der Waals surface area contributed by atoms with Crippen LogP contribution >= 0.6 is 15.9 Å². The number of para-hydroxylation sites is 1. The number of hydrogen-bond acceptors (Lipinski definition) is 4. The molecule has 48 heavy (non-hydrogen) atoms. The summed E-state index contributed by atoms with van der Waals surface area (Å²) in [6.45, 7) is 0. The van der Waals surface area contributed by atoms with Crippen LogP contribution in [0.5, 0.6) is 0 Å². The Bertz CT molecular complexity index is 2540. The largest absolute Gasteiger partial charge is 0.293 e. The number of aromatic nitrogens is 5. The highest BCUT2D eigenvalue weighted by Crippen LogP contribution is 2.38. The predicted octanol–water partition coefficient (Wildman–Crippen LogP) is 10.9. The van der Waals surface area contributed by atoms with Crippen molar-refractivity contribution in [3.05, 3.63) is 162 Å². The molecule has 0 aliphatic rings. The summed E-state index contributed by atoms with van der Waals surface area (Å²) in [7, 11) is 0. The van der Waals surface area contributed by atoms with Gasteiger partial charge in [0.05, 0.1) is 22.6 Å². The lowest BCUT2D eigenvalue weighted by Crippen LogP contribution is -1.96. The Balaban J connectivity index is 1.20. The number of halogens is 1. The molecule has 0 spiro atoms. The zero-order chi connectivity index (χ0) is 32.0. The van der Waals surface area contributed by atoms with Crippen molar-refractivity contribution in [2.24, 2.45) is 0 Å². The zero-order valence-electron chi connectivity index (χ0n) is 25.6. The topological polar surface area (TPSA) is 56.0 Å². The predicted molar refractivity (Wildman–Crippen MR) is 198 cm³/mol. The maximum atomic E-state index is 5.20. The van der Waals surface area contributed by atoms with E-state index in [1.807, 2.05) is 72.8 Å². The van der Waals surface area contributed by atoms with Crippen LogP contribution in [-0.4, -0.2) is 24.3 Å². The Morgan fingerprint density at radius 3 is 1.67 bits per heavy atom. The summed E-state index contributed by atoms with van der Waals surface area (Å²) >= 11 is 3.85. The molecule has 5 nitrogen and oxygen atoms in total. The first-order valence-corrected chi connectivity index (χ1v) is 16.6. The van der Waals surface area contributed by atoms with Crippen LogP contribution in [-0.2, 0) is 0 Å². The van der Waals surface area contributed by atoms with E-state index < -0.39 is 0 Å². The minimum Gasteiger partial charge on any atom is -0.293 e. The van der Waals surface area contributed by atoms with Crippen molar-refractivity contribution in [2.75, 3.05) is 0 Å². The minimum absolute atomic E-state index is 0.697. The van der Waals surface area contributed by atoms with E-state index in [0.29, 0.717) is 5.82 Å². The van der Waals surface area contributed by atoms with Gasteiger partial charge in [-0.2, -0.15) is 0 Å². The summed E-state index contributed by atoms with van der Waals surface area (Å²) < 4.78 is 3.04. The van der Waals surface area contributed by atoms with Gasteiger partial charge in [0.25, 0.3) is 0 Å². The van der Waals surface area contributed by atoms with Crippen LogP contribution in [0, 0.1) is 0 Å². The fraction of sp³-hybridized carbons (Fsp3) is 0. The fourth-order valence-corrected chi connectivity index (χ4v) is 6.97. The Morgan fingerprint density at radius 1 is 0.438 bits per heavy atom. The highest BCUT2D eigenvalue weighted by Gasteiger charge is 2.19. The number of hydrogen-bond donors (Lipinski definition) is 0. The summed E-state index contributed by atoms with van der Waals surface area (Å²) in [5.74, 6) is 0.697. The second kappa shape index (κ2) is 11.7. The van der Waals surface area contributed by atoms with Gasteiger partial charge >= 0.3 is 0 Å². The highest BCUT2D eigenvalue weighted by molar-refractivity contribution is 9.10. The molecule has 0 fully saturated rings. The van der Waals surface area contributed by atoms with Crippen molar-refractivity contribution in [1.29, 1.82) is 0 Å². The number of pyridine rings is 2. The zero-order valence-corrected chi connectivity index (χ0v) is 27.2. The number of rotatable bonds is 5. The van der Waals surface area contributed by atoms with Gasteiger partial charge in [0.1, 0.15) is 15.9 Å². The molecule has 0 N–H and O–H groups in total. The molecule has 0 saturated carbocycles. The van der Waals surface area contributed by atoms with E-state index in [9.17, 15) is 0 Å². The molecule has 226 valence electrons. The third kappa shape index (κ3) is 4.86. The molecule has 0 radical (unpaired) electrons. The average molecular weight is 681 g/mol. The molecule has 0 aliphatic heterocycles. The molecular formula is C42H26BrN5. The van der Waals surface area contributed by atoms with Crippen LogP contribution in [0.4, 0.5) is 0 Å². The van der Waals surface area contributed by atoms with Crippen LogP contribution in [0.25, 0.3) is 83.7 Å². The molecule has 0 atom stereocenters. The normalized spacial score (nSPS) is 11.4. The third-order valence-electron chi connectivity index (χ3n) is 8.73. The van der Waals surface area contributed by atoms with E-state index in [1.165, 1.54) is 0 Å². The summed E-state index contributed by atoms with van der Waals surface area (Å²) in [6.07, 6.45) is 2.08. The van der Waals surface area contributed by atoms with E-state index in [0.717, 1.165) is 82.5 Å². The van der Waals surface area contributed by atoms with Gasteiger partial charge in [-0.25, -0.2) is 19.9 Å². The van der Waals surface area contributed by atoms with Gasteiger partial charge in [0, 0.05) is 50.2 Å². The Kier molecular flexibility index (Phi) is 6.87. The minimum atomic E-state index is 0.697. The second-order valence-electron chi connectivity index (χ2n) is 11.7. The molecule has 4 aromatic heterocycles. The van der Waals surface area contributed by atoms with Gasteiger partial charge in [0.15, 0.2) is 5.82 Å². The second-order valence-corrected chi connectivity index (χ2v) is 12.4. The van der Waals surface area contributed by atoms with Crippen molar-refractivity contribution in [1.82, 2.24) is 24.3 Å². The van der Waals surface area contributed by atoms with Crippen LogP contribution in [0.2, 0.25) is 0 Å². The highest BCUT2D eigenvalue weighted by atomic mass is 79.9. The summed E-state index contributed by atoms with van der Waals surface area (Å²) in [4.78, 5) is 20.4. The van der Waals surface area contributed by atoms with Gasteiger partial charge in [-0.15, -0.1) is 0 Å². The first kappa shape index (κ1) is 28.3. The summed E-state index contributed by atoms with van der Waals surface area (Å²) in [5, 5.41) is 3.19. The van der Waals surface area contributed by atoms with Crippen molar-refractivity contribution in [3.8, 4) is 56.4 Å². The van der Waals surface area contributed by atoms with Crippen molar-refractivity contribution in [2.45, 2.75) is 0 Å². The Labute approximate surface area is 285 Å². The molecule has 9 aromatic rings. The molecule has 4 heterocycles. The van der Waals surface area contributed by atoms with E-state index in [-0.39, 0.29) is 0 Å². The van der Waals surface area contributed by atoms with Gasteiger partial charge in [0.2, 0.25) is 0 Å². The molecular weight excluding hydrogens is 654 g/mol. The van der Waals surface area contributed by atoms with Crippen LogP contribution in [0.1, 0.15) is 0 Å². The maximum absolute atomic E-state index is 5.20. The number of nitrogens with zero attached hydrogens (tertiary/aromatic N) is 5. The van der Waals surface area contributed by atoms with E-state index in [2.05, 4.69) is 105 Å². The van der Waals surface area contributed by atoms with Gasteiger partial charge in [-0.1, -0.05) is 133 Å². The lowest BCUT2D eigenvalue weighted by molar-refractivity contribution is 1.17. The molecule has 5 aromatic carbocycles. The van der Waals surface area contributed by atoms with Gasteiger partial charge in [-0.05, 0) is 34.1 Å². The van der Waals surface area contributed by atoms with Crippen molar-refractivity contribution >= 4 is 43.3 Å². The molecule has 6 heteroatoms. The fourth-order valence-electron chi connectivity index (χ4n) is 6.37. The van der Waals surface area contributed by atoms with Crippen LogP contribution in [0.3, 0.4) is 0 Å². The molecule has 0 aliphatic carbocycles. The first-order chi connectivity index (χ1) is 23.7. The smallest absolute Gasteiger partial charge is 0.160 e. The molecule has 0 saturated heterocycles. The molecule has 0 amide bonds. The standard InChI is InChI=1S/C42H26BrN5/c43-40-39(29-14-6-2-7-15-29)47-42-37-32-18-10-11-19-34(32)44-38(33(37)24-25-48(40)42)30-22-20-28(21-23-30)36-26-35(27-12-4-1-5-13-27)45-41(46-36)31-16-8-3-9-17-31/h1-26H. The van der Waals surface area contributed by atoms with E-state index in [1.54, 1.807) is 0 Å². The quantitative estimate of drug-likeness (QED) is 0.170.